The van der Waals surface area contributed by atoms with E-state index in [-0.39, 0.29) is 12.5 Å². The van der Waals surface area contributed by atoms with Crippen LogP contribution in [0.3, 0.4) is 0 Å². The summed E-state index contributed by atoms with van der Waals surface area (Å²) in [6, 6.07) is 0. The van der Waals surface area contributed by atoms with E-state index in [1.54, 1.807) is 11.1 Å². The van der Waals surface area contributed by atoms with Crippen LogP contribution in [0.4, 0.5) is 0 Å². The van der Waals surface area contributed by atoms with Gasteiger partial charge < -0.3 is 29.5 Å². The van der Waals surface area contributed by atoms with E-state index in [4.69, 9.17) is 14.2 Å². The fourth-order valence-corrected chi connectivity index (χ4v) is 6.24. The van der Waals surface area contributed by atoms with Crippen LogP contribution < -0.4 is 0 Å². The summed E-state index contributed by atoms with van der Waals surface area (Å²) in [6.45, 7) is 9.26. The van der Waals surface area contributed by atoms with Crippen LogP contribution in [0.1, 0.15) is 66.2 Å². The van der Waals surface area contributed by atoms with Gasteiger partial charge in [-0.25, -0.2) is 0 Å². The van der Waals surface area contributed by atoms with Crippen LogP contribution in [-0.4, -0.2) is 58.9 Å². The highest BCUT2D eigenvalue weighted by Crippen LogP contribution is 2.46. The molecule has 2 bridgehead atoms. The molecule has 0 saturated carbocycles. The maximum Gasteiger partial charge on any atom is 0.189 e. The van der Waals surface area contributed by atoms with Crippen molar-refractivity contribution < 1.29 is 29.5 Å². The smallest absolute Gasteiger partial charge is 0.189 e. The molecule has 0 amide bonds. The monoisotopic (exact) mass is 450 g/mol. The van der Waals surface area contributed by atoms with Crippen LogP contribution in [-0.2, 0) is 14.2 Å². The number of allylic oxidation sites excluding steroid dienone is 4. The van der Waals surface area contributed by atoms with E-state index in [1.165, 1.54) is 25.7 Å². The van der Waals surface area contributed by atoms with Crippen LogP contribution in [0, 0.1) is 29.6 Å². The van der Waals surface area contributed by atoms with Gasteiger partial charge in [0, 0.05) is 5.92 Å². The normalized spacial score (nSPS) is 44.0. The largest absolute Gasteiger partial charge is 0.387 e. The molecule has 4 aliphatic rings. The molecule has 0 radical (unpaired) electrons. The Balaban J connectivity index is 1.29. The van der Waals surface area contributed by atoms with Crippen molar-refractivity contribution in [1.29, 1.82) is 0 Å². The number of ether oxygens (including phenoxy) is 3. The molecule has 32 heavy (non-hydrogen) atoms. The van der Waals surface area contributed by atoms with E-state index in [0.29, 0.717) is 17.8 Å². The van der Waals surface area contributed by atoms with Gasteiger partial charge in [-0.05, 0) is 63.2 Å². The first kappa shape index (κ1) is 24.4. The second kappa shape index (κ2) is 10.2. The zero-order valence-corrected chi connectivity index (χ0v) is 20.0. The Morgan fingerprint density at radius 2 is 1.75 bits per heavy atom. The summed E-state index contributed by atoms with van der Waals surface area (Å²) in [4.78, 5) is 0. The number of hydrogen-bond acceptors (Lipinski definition) is 6. The number of aliphatic hydroxyl groups excluding tert-OH is 3. The van der Waals surface area contributed by atoms with Gasteiger partial charge >= 0.3 is 0 Å². The van der Waals surface area contributed by atoms with Crippen LogP contribution in [0.2, 0.25) is 0 Å². The van der Waals surface area contributed by atoms with Crippen molar-refractivity contribution in [2.24, 2.45) is 29.6 Å². The highest BCUT2D eigenvalue weighted by atomic mass is 16.8. The number of hydrogen-bond donors (Lipinski definition) is 3. The fraction of sp³-hybridized carbons (Fsp3) is 0.846. The standard InChI is InChI=1S/C26H42O6/c1-14-8-10-18-16(3)9-11-19(20(18)12-14)15(2)6-5-7-17(4)25-30-13-21-22(27)23(28)24(29)26(31-21)32-25/h9,12,15,17-29H,5-8,10-11,13H2,1-4H3/t15-,17-,18-,19+,20-,21-,22-,23+,24-,25+,26+/m1/s1. The summed E-state index contributed by atoms with van der Waals surface area (Å²) in [5.41, 5.74) is 3.14. The maximum absolute atomic E-state index is 10.2. The molecular formula is C26H42O6. The Kier molecular flexibility index (Phi) is 7.80. The molecule has 6 nitrogen and oxygen atoms in total. The zero-order chi connectivity index (χ0) is 23.0. The Morgan fingerprint density at radius 1 is 1.00 bits per heavy atom. The van der Waals surface area contributed by atoms with E-state index >= 15 is 0 Å². The predicted molar refractivity (Wildman–Crippen MR) is 122 cm³/mol. The van der Waals surface area contributed by atoms with E-state index in [0.717, 1.165) is 18.8 Å². The van der Waals surface area contributed by atoms with Crippen molar-refractivity contribution in [3.8, 4) is 0 Å². The Morgan fingerprint density at radius 3 is 2.53 bits per heavy atom. The van der Waals surface area contributed by atoms with Crippen LogP contribution in [0.15, 0.2) is 23.3 Å². The summed E-state index contributed by atoms with van der Waals surface area (Å²) in [6.07, 6.45) is 6.09. The lowest BCUT2D eigenvalue weighted by Crippen LogP contribution is -2.58. The van der Waals surface area contributed by atoms with Gasteiger partial charge in [-0.3, -0.25) is 0 Å². The Hall–Kier alpha value is -0.760. The first-order chi connectivity index (χ1) is 15.3. The summed E-state index contributed by atoms with van der Waals surface area (Å²) < 4.78 is 17.3. The summed E-state index contributed by atoms with van der Waals surface area (Å²) in [7, 11) is 0. The molecule has 0 unspecified atom stereocenters. The molecule has 2 saturated heterocycles. The Labute approximate surface area is 192 Å². The van der Waals surface area contributed by atoms with Gasteiger partial charge in [0.2, 0.25) is 0 Å². The molecule has 2 fully saturated rings. The van der Waals surface area contributed by atoms with Crippen molar-refractivity contribution in [2.75, 3.05) is 6.61 Å². The van der Waals surface area contributed by atoms with Gasteiger partial charge in [0.15, 0.2) is 12.6 Å². The summed E-state index contributed by atoms with van der Waals surface area (Å²) in [5, 5.41) is 30.3. The third-order valence-corrected chi connectivity index (χ3v) is 8.46. The topological polar surface area (TPSA) is 88.4 Å². The summed E-state index contributed by atoms with van der Waals surface area (Å²) >= 11 is 0. The molecule has 11 atom stereocenters. The molecule has 2 aliphatic heterocycles. The predicted octanol–water partition coefficient (Wildman–Crippen LogP) is 3.55. The highest BCUT2D eigenvalue weighted by molar-refractivity contribution is 5.21. The van der Waals surface area contributed by atoms with Crippen LogP contribution >= 0.6 is 0 Å². The van der Waals surface area contributed by atoms with Crippen molar-refractivity contribution in [2.45, 2.75) is 103 Å². The van der Waals surface area contributed by atoms with Gasteiger partial charge in [0.1, 0.15) is 24.4 Å². The molecule has 0 spiro atoms. The molecule has 182 valence electrons. The van der Waals surface area contributed by atoms with Gasteiger partial charge in [-0.1, -0.05) is 50.0 Å². The quantitative estimate of drug-likeness (QED) is 0.537. The lowest BCUT2D eigenvalue weighted by atomic mass is 9.63. The van der Waals surface area contributed by atoms with Crippen LogP contribution in [0.25, 0.3) is 0 Å². The van der Waals surface area contributed by atoms with Crippen molar-refractivity contribution >= 4 is 0 Å². The first-order valence-electron chi connectivity index (χ1n) is 12.6. The van der Waals surface area contributed by atoms with Crippen molar-refractivity contribution in [3.05, 3.63) is 23.3 Å². The SMILES string of the molecule is CC1=C[C@H]2[C@H]([C@H](C)CCC[C@@H](C)[C@H]3OC[C@H]4O[C@@H](O3)[C@H](O)[C@@H](O)[C@@H]4O)CC=C(C)[C@H]2CC1. The molecule has 0 aromatic heterocycles. The van der Waals surface area contributed by atoms with E-state index < -0.39 is 37.0 Å². The third-order valence-electron chi connectivity index (χ3n) is 8.46. The maximum atomic E-state index is 10.2. The molecule has 4 rings (SSSR count). The zero-order valence-electron chi connectivity index (χ0n) is 20.0. The van der Waals surface area contributed by atoms with E-state index in [2.05, 4.69) is 39.8 Å². The van der Waals surface area contributed by atoms with E-state index in [9.17, 15) is 15.3 Å². The van der Waals surface area contributed by atoms with E-state index in [1.807, 2.05) is 0 Å². The van der Waals surface area contributed by atoms with Gasteiger partial charge in [0.05, 0.1) is 6.61 Å². The van der Waals surface area contributed by atoms with Gasteiger partial charge in [-0.15, -0.1) is 0 Å². The minimum absolute atomic E-state index is 0.129. The first-order valence-corrected chi connectivity index (χ1v) is 12.6. The minimum atomic E-state index is -1.29. The minimum Gasteiger partial charge on any atom is -0.387 e. The van der Waals surface area contributed by atoms with Crippen molar-refractivity contribution in [1.82, 2.24) is 0 Å². The molecular weight excluding hydrogens is 408 g/mol. The molecule has 6 heteroatoms. The average molecular weight is 451 g/mol. The lowest BCUT2D eigenvalue weighted by molar-refractivity contribution is -0.304. The fourth-order valence-electron chi connectivity index (χ4n) is 6.24. The molecule has 2 heterocycles. The second-order valence-corrected chi connectivity index (χ2v) is 10.8. The molecule has 0 aromatic rings. The molecule has 2 aliphatic carbocycles. The lowest BCUT2D eigenvalue weighted by Gasteiger charge is -2.42. The molecule has 0 aromatic carbocycles. The summed E-state index contributed by atoms with van der Waals surface area (Å²) in [5.74, 6) is 2.91. The number of rotatable bonds is 6. The Bertz CT molecular complexity index is 702. The van der Waals surface area contributed by atoms with Crippen molar-refractivity contribution in [3.63, 3.8) is 0 Å². The highest BCUT2D eigenvalue weighted by Gasteiger charge is 2.48. The van der Waals surface area contributed by atoms with Gasteiger partial charge in [-0.2, -0.15) is 0 Å². The van der Waals surface area contributed by atoms with Gasteiger partial charge in [0.25, 0.3) is 0 Å². The average Bonchev–Trinajstić information content (AvgIpc) is 2.98. The number of aliphatic hydroxyl groups is 3. The third kappa shape index (κ3) is 5.01. The second-order valence-electron chi connectivity index (χ2n) is 10.8. The molecule has 3 N–H and O–H groups in total. The number of fused-ring (bicyclic) bond motifs is 3. The van der Waals surface area contributed by atoms with Crippen LogP contribution in [0.5, 0.6) is 0 Å².